The molecule has 0 unspecified atom stereocenters. The van der Waals surface area contributed by atoms with Crippen LogP contribution < -0.4 is 10.1 Å². The van der Waals surface area contributed by atoms with Gasteiger partial charge >= 0.3 is 0 Å². The smallest absolute Gasteiger partial charge is 0.246 e. The lowest BCUT2D eigenvalue weighted by molar-refractivity contribution is -0.124. The lowest BCUT2D eigenvalue weighted by atomic mass is 10.2. The van der Waals surface area contributed by atoms with Gasteiger partial charge < -0.3 is 14.8 Å². The summed E-state index contributed by atoms with van der Waals surface area (Å²) in [5.74, 6) is 0.571. The maximum absolute atomic E-state index is 11.2. The predicted octanol–water partition coefficient (Wildman–Crippen LogP) is 1.38. The monoisotopic (exact) mass is 260 g/mol. The van der Waals surface area contributed by atoms with E-state index in [1.807, 2.05) is 30.3 Å². The summed E-state index contributed by atoms with van der Waals surface area (Å²) in [6.45, 7) is 0.895. The van der Waals surface area contributed by atoms with Gasteiger partial charge in [-0.05, 0) is 12.1 Å². The second-order valence-corrected chi connectivity index (χ2v) is 3.96. The Labute approximate surface area is 111 Å². The van der Waals surface area contributed by atoms with Gasteiger partial charge in [-0.3, -0.25) is 9.78 Å². The molecule has 1 heterocycles. The number of benzene rings is 1. The molecule has 0 aliphatic rings. The second kappa shape index (κ2) is 6.70. The number of aromatic nitrogens is 1. The molecule has 0 bridgehead atoms. The van der Waals surface area contributed by atoms with Gasteiger partial charge in [0.1, 0.15) is 24.5 Å². The Kier molecular flexibility index (Phi) is 4.69. The van der Waals surface area contributed by atoms with Crippen molar-refractivity contribution >= 4 is 16.8 Å². The van der Waals surface area contributed by atoms with Crippen LogP contribution in [0.4, 0.5) is 0 Å². The van der Waals surface area contributed by atoms with Gasteiger partial charge in [0.25, 0.3) is 0 Å². The lowest BCUT2D eigenvalue weighted by Gasteiger charge is -2.09. The highest BCUT2D eigenvalue weighted by Gasteiger charge is 2.03. The average molecular weight is 260 g/mol. The van der Waals surface area contributed by atoms with E-state index in [4.69, 9.17) is 9.47 Å². The van der Waals surface area contributed by atoms with Crippen molar-refractivity contribution in [1.82, 2.24) is 10.3 Å². The summed E-state index contributed by atoms with van der Waals surface area (Å²) in [5.41, 5.74) is 0.827. The molecule has 100 valence electrons. The molecule has 19 heavy (non-hydrogen) atoms. The standard InChI is InChI=1S/C14H16N2O3/c1-18-10-13(17)15-8-9-19-12-6-2-4-11-5-3-7-16-14(11)12/h2-7H,8-10H2,1H3,(H,15,17). The third-order valence-corrected chi connectivity index (χ3v) is 2.55. The maximum atomic E-state index is 11.2. The van der Waals surface area contributed by atoms with Crippen LogP contribution in [0.5, 0.6) is 5.75 Å². The number of fused-ring (bicyclic) bond motifs is 1. The number of hydrogen-bond donors (Lipinski definition) is 1. The van der Waals surface area contributed by atoms with E-state index < -0.39 is 0 Å². The largest absolute Gasteiger partial charge is 0.489 e. The van der Waals surface area contributed by atoms with E-state index in [0.717, 1.165) is 16.7 Å². The van der Waals surface area contributed by atoms with Crippen LogP contribution in [0.15, 0.2) is 36.5 Å². The van der Waals surface area contributed by atoms with Crippen LogP contribution in [0.3, 0.4) is 0 Å². The zero-order chi connectivity index (χ0) is 13.5. The van der Waals surface area contributed by atoms with Crippen LogP contribution in [0.25, 0.3) is 10.9 Å². The van der Waals surface area contributed by atoms with Crippen molar-refractivity contribution in [3.05, 3.63) is 36.5 Å². The highest BCUT2D eigenvalue weighted by Crippen LogP contribution is 2.22. The summed E-state index contributed by atoms with van der Waals surface area (Å²) >= 11 is 0. The molecule has 1 aromatic carbocycles. The van der Waals surface area contributed by atoms with Crippen molar-refractivity contribution in [2.45, 2.75) is 0 Å². The molecule has 0 fully saturated rings. The molecule has 0 aliphatic carbocycles. The van der Waals surface area contributed by atoms with Crippen LogP contribution in [0.2, 0.25) is 0 Å². The molecule has 1 N–H and O–H groups in total. The van der Waals surface area contributed by atoms with Crippen molar-refractivity contribution in [3.8, 4) is 5.75 Å². The molecular weight excluding hydrogens is 244 g/mol. The first-order valence-corrected chi connectivity index (χ1v) is 6.03. The van der Waals surface area contributed by atoms with Crippen molar-refractivity contribution < 1.29 is 14.3 Å². The van der Waals surface area contributed by atoms with Gasteiger partial charge in [-0.25, -0.2) is 0 Å². The van der Waals surface area contributed by atoms with Gasteiger partial charge in [-0.1, -0.05) is 18.2 Å². The molecule has 0 aliphatic heterocycles. The van der Waals surface area contributed by atoms with E-state index in [1.165, 1.54) is 7.11 Å². The molecule has 0 spiro atoms. The van der Waals surface area contributed by atoms with E-state index in [1.54, 1.807) is 6.20 Å². The van der Waals surface area contributed by atoms with Gasteiger partial charge in [0.15, 0.2) is 0 Å². The van der Waals surface area contributed by atoms with Crippen molar-refractivity contribution in [2.24, 2.45) is 0 Å². The van der Waals surface area contributed by atoms with E-state index in [-0.39, 0.29) is 12.5 Å². The molecule has 0 saturated heterocycles. The number of ether oxygens (including phenoxy) is 2. The number of para-hydroxylation sites is 1. The molecule has 0 saturated carbocycles. The Balaban J connectivity index is 1.90. The van der Waals surface area contributed by atoms with Gasteiger partial charge in [0, 0.05) is 18.7 Å². The van der Waals surface area contributed by atoms with Crippen molar-refractivity contribution in [2.75, 3.05) is 26.9 Å². The predicted molar refractivity (Wildman–Crippen MR) is 72.1 cm³/mol. The molecule has 0 atom stereocenters. The minimum Gasteiger partial charge on any atom is -0.489 e. The number of carbonyl (C=O) groups is 1. The number of hydrogen-bond acceptors (Lipinski definition) is 4. The van der Waals surface area contributed by atoms with Crippen LogP contribution in [0.1, 0.15) is 0 Å². The van der Waals surface area contributed by atoms with Crippen molar-refractivity contribution in [1.29, 1.82) is 0 Å². The normalized spacial score (nSPS) is 10.4. The van der Waals surface area contributed by atoms with Crippen LogP contribution in [-0.2, 0) is 9.53 Å². The van der Waals surface area contributed by atoms with E-state index in [9.17, 15) is 4.79 Å². The van der Waals surface area contributed by atoms with Gasteiger partial charge in [0.2, 0.25) is 5.91 Å². The number of amides is 1. The SMILES string of the molecule is COCC(=O)NCCOc1cccc2cccnc12. The highest BCUT2D eigenvalue weighted by molar-refractivity contribution is 5.84. The highest BCUT2D eigenvalue weighted by atomic mass is 16.5. The molecule has 2 aromatic rings. The summed E-state index contributed by atoms with van der Waals surface area (Å²) in [7, 11) is 1.48. The van der Waals surface area contributed by atoms with Crippen LogP contribution in [-0.4, -0.2) is 37.8 Å². The molecule has 1 amide bonds. The van der Waals surface area contributed by atoms with Crippen LogP contribution in [0, 0.1) is 0 Å². The quantitative estimate of drug-likeness (QED) is 0.797. The molecule has 1 aromatic heterocycles. The molecule has 5 heteroatoms. The fourth-order valence-corrected chi connectivity index (χ4v) is 1.73. The Morgan fingerprint density at radius 3 is 3.00 bits per heavy atom. The first-order valence-electron chi connectivity index (χ1n) is 6.03. The van der Waals surface area contributed by atoms with Crippen LogP contribution >= 0.6 is 0 Å². The molecular formula is C14H16N2O3. The summed E-state index contributed by atoms with van der Waals surface area (Å²) in [6, 6.07) is 9.64. The average Bonchev–Trinajstić information content (AvgIpc) is 2.44. The van der Waals surface area contributed by atoms with E-state index in [0.29, 0.717) is 13.2 Å². The summed E-state index contributed by atoms with van der Waals surface area (Å²) < 4.78 is 10.3. The summed E-state index contributed by atoms with van der Waals surface area (Å²) in [4.78, 5) is 15.5. The topological polar surface area (TPSA) is 60.5 Å². The Morgan fingerprint density at radius 2 is 2.16 bits per heavy atom. The van der Waals surface area contributed by atoms with Crippen molar-refractivity contribution in [3.63, 3.8) is 0 Å². The van der Waals surface area contributed by atoms with Gasteiger partial charge in [0.05, 0.1) is 6.54 Å². The Bertz CT molecular complexity index is 552. The lowest BCUT2D eigenvalue weighted by Crippen LogP contribution is -2.30. The fraction of sp³-hybridized carbons (Fsp3) is 0.286. The minimum absolute atomic E-state index is 0.0653. The number of nitrogens with one attached hydrogen (secondary N) is 1. The number of methoxy groups -OCH3 is 1. The number of rotatable bonds is 6. The number of nitrogens with zero attached hydrogens (tertiary/aromatic N) is 1. The second-order valence-electron chi connectivity index (χ2n) is 3.96. The van der Waals surface area contributed by atoms with Gasteiger partial charge in [-0.2, -0.15) is 0 Å². The van der Waals surface area contributed by atoms with E-state index >= 15 is 0 Å². The minimum atomic E-state index is -0.151. The Hall–Kier alpha value is -2.14. The zero-order valence-electron chi connectivity index (χ0n) is 10.8. The molecule has 2 rings (SSSR count). The molecule has 0 radical (unpaired) electrons. The summed E-state index contributed by atoms with van der Waals surface area (Å²) in [6.07, 6.45) is 1.73. The summed E-state index contributed by atoms with van der Waals surface area (Å²) in [5, 5.41) is 3.72. The first-order chi connectivity index (χ1) is 9.31. The molecule has 5 nitrogen and oxygen atoms in total. The third-order valence-electron chi connectivity index (χ3n) is 2.55. The fourth-order valence-electron chi connectivity index (χ4n) is 1.73. The maximum Gasteiger partial charge on any atom is 0.246 e. The first kappa shape index (κ1) is 13.3. The van der Waals surface area contributed by atoms with E-state index in [2.05, 4.69) is 10.3 Å². The Morgan fingerprint density at radius 1 is 1.32 bits per heavy atom. The zero-order valence-corrected chi connectivity index (χ0v) is 10.8. The number of carbonyl (C=O) groups excluding carboxylic acids is 1. The number of pyridine rings is 1. The third kappa shape index (κ3) is 3.66. The van der Waals surface area contributed by atoms with Gasteiger partial charge in [-0.15, -0.1) is 0 Å².